The smallest absolute Gasteiger partial charge is 0.187 e. The van der Waals surface area contributed by atoms with Crippen LogP contribution in [0, 0.1) is 0 Å². The number of hydrogen-bond acceptors (Lipinski definition) is 4. The molecule has 0 bridgehead atoms. The Morgan fingerprint density at radius 1 is 0.643 bits per heavy atom. The van der Waals surface area contributed by atoms with Gasteiger partial charge >= 0.3 is 0 Å². The molecule has 0 aliphatic carbocycles. The van der Waals surface area contributed by atoms with Gasteiger partial charge in [-0.15, -0.1) is 0 Å². The second-order valence-electron chi connectivity index (χ2n) is 4.82. The van der Waals surface area contributed by atoms with Gasteiger partial charge in [0, 0.05) is 0 Å². The van der Waals surface area contributed by atoms with E-state index in [2.05, 4.69) is 0 Å². The average molecular weight is 221 g/mol. The van der Waals surface area contributed by atoms with E-state index in [1.807, 2.05) is 0 Å². The summed E-state index contributed by atoms with van der Waals surface area (Å²) in [6.07, 6.45) is 0. The van der Waals surface area contributed by atoms with Gasteiger partial charge in [0.15, 0.2) is 17.4 Å². The summed E-state index contributed by atoms with van der Waals surface area (Å²) in [4.78, 5) is 1.23. The van der Waals surface area contributed by atoms with Crippen molar-refractivity contribution >= 4 is 17.4 Å². The van der Waals surface area contributed by atoms with Gasteiger partial charge in [0.25, 0.3) is 0 Å². The Morgan fingerprint density at radius 2 is 0.786 bits per heavy atom. The van der Waals surface area contributed by atoms with Crippen LogP contribution >= 0.6 is 0 Å². The van der Waals surface area contributed by atoms with E-state index in [9.17, 15) is 15.3 Å². The van der Waals surface area contributed by atoms with Gasteiger partial charge in [-0.25, -0.2) is 4.90 Å². The van der Waals surface area contributed by atoms with Crippen molar-refractivity contribution in [2.45, 2.75) is 58.7 Å². The summed E-state index contributed by atoms with van der Waals surface area (Å²) in [5.74, 6) is 0. The maximum Gasteiger partial charge on any atom is 0.187 e. The summed E-state index contributed by atoms with van der Waals surface area (Å²) < 4.78 is 0. The fraction of sp³-hybridized carbons (Fsp3) is 1.00. The zero-order valence-corrected chi connectivity index (χ0v) is 9.29. The Morgan fingerprint density at radius 3 is 0.786 bits per heavy atom. The molecule has 0 aliphatic rings. The summed E-state index contributed by atoms with van der Waals surface area (Å²) in [5.41, 5.74) is -3.84. The minimum absolute atomic E-state index is 0. The summed E-state index contributed by atoms with van der Waals surface area (Å²) >= 11 is 0. The Labute approximate surface area is 96.7 Å². The summed E-state index contributed by atoms with van der Waals surface area (Å²) in [6, 6.07) is 0. The molecule has 0 amide bonds. The zero-order valence-electron chi connectivity index (χ0n) is 9.29. The highest BCUT2D eigenvalue weighted by molar-refractivity contribution is 5.75. The van der Waals surface area contributed by atoms with Crippen molar-refractivity contribution in [1.29, 1.82) is 0 Å². The fourth-order valence-corrected chi connectivity index (χ4v) is 2.01. The van der Waals surface area contributed by atoms with Crippen LogP contribution in [0.1, 0.15) is 41.5 Å². The van der Waals surface area contributed by atoms with Crippen molar-refractivity contribution in [3.05, 3.63) is 0 Å². The first-order chi connectivity index (χ1) is 5.37. The van der Waals surface area contributed by atoms with Crippen LogP contribution in [-0.2, 0) is 0 Å². The lowest BCUT2D eigenvalue weighted by molar-refractivity contribution is -0.288. The molecule has 5 heteroatoms. The molecule has 4 nitrogen and oxygen atoms in total. The largest absolute Gasteiger partial charge is 0.376 e. The van der Waals surface area contributed by atoms with E-state index < -0.39 is 17.2 Å². The maximum atomic E-state index is 9.75. The topological polar surface area (TPSA) is 63.9 Å². The molecule has 0 unspecified atom stereocenters. The Hall–Kier alpha value is 0.372. The van der Waals surface area contributed by atoms with E-state index in [0.29, 0.717) is 0 Å². The van der Waals surface area contributed by atoms with Crippen LogP contribution in [0.25, 0.3) is 0 Å². The first-order valence-corrected chi connectivity index (χ1v) is 4.34. The molecular formula is C9H24AlNO3. The molecule has 0 fully saturated rings. The molecule has 86 valence electrons. The van der Waals surface area contributed by atoms with Crippen LogP contribution in [0.2, 0.25) is 0 Å². The Bertz CT molecular complexity index is 143. The van der Waals surface area contributed by atoms with E-state index in [1.165, 1.54) is 46.4 Å². The summed E-state index contributed by atoms with van der Waals surface area (Å²) in [6.45, 7) is 9.10. The van der Waals surface area contributed by atoms with Crippen LogP contribution in [0.3, 0.4) is 0 Å². The SMILES string of the molecule is CC(C)(O)N(C(C)(C)O)C(C)(C)O.[AlH3]. The van der Waals surface area contributed by atoms with Crippen molar-refractivity contribution in [3.63, 3.8) is 0 Å². The maximum absolute atomic E-state index is 9.75. The van der Waals surface area contributed by atoms with E-state index in [1.54, 1.807) is 0 Å². The minimum atomic E-state index is -1.28. The third kappa shape index (κ3) is 4.74. The number of rotatable bonds is 3. The lowest BCUT2D eigenvalue weighted by atomic mass is 10.1. The average Bonchev–Trinajstić information content (AvgIpc) is 1.44. The van der Waals surface area contributed by atoms with Gasteiger partial charge in [0.05, 0.1) is 0 Å². The van der Waals surface area contributed by atoms with Crippen molar-refractivity contribution in [2.75, 3.05) is 0 Å². The van der Waals surface area contributed by atoms with E-state index in [-0.39, 0.29) is 17.4 Å². The normalized spacial score (nSPS) is 14.1. The van der Waals surface area contributed by atoms with Gasteiger partial charge < -0.3 is 15.3 Å². The van der Waals surface area contributed by atoms with Gasteiger partial charge in [-0.05, 0) is 41.5 Å². The lowest BCUT2D eigenvalue weighted by Gasteiger charge is -2.49. The Balaban J connectivity index is 0. The molecule has 0 aliphatic heterocycles. The van der Waals surface area contributed by atoms with Gasteiger partial charge in [0.1, 0.15) is 17.2 Å². The molecule has 0 spiro atoms. The van der Waals surface area contributed by atoms with Crippen LogP contribution in [0.4, 0.5) is 0 Å². The standard InChI is InChI=1S/C9H21NO3.Al.3H/c1-7(2,11)10(8(3,4)12)9(5,6)13;;;;/h11-13H,1-6H3;;;;. The van der Waals surface area contributed by atoms with Crippen LogP contribution < -0.4 is 0 Å². The monoisotopic (exact) mass is 221 g/mol. The minimum Gasteiger partial charge on any atom is -0.376 e. The molecule has 0 rings (SSSR count). The van der Waals surface area contributed by atoms with E-state index in [0.717, 1.165) is 0 Å². The molecule has 0 aromatic carbocycles. The highest BCUT2D eigenvalue weighted by Gasteiger charge is 2.43. The number of aliphatic hydroxyl groups is 3. The predicted octanol–water partition coefficient (Wildman–Crippen LogP) is -0.710. The molecule has 14 heavy (non-hydrogen) atoms. The quantitative estimate of drug-likeness (QED) is 0.435. The van der Waals surface area contributed by atoms with Crippen LogP contribution in [0.15, 0.2) is 0 Å². The molecule has 0 heterocycles. The molecule has 0 radical (unpaired) electrons. The van der Waals surface area contributed by atoms with Gasteiger partial charge in [-0.3, -0.25) is 0 Å². The first kappa shape index (κ1) is 16.8. The molecule has 0 atom stereocenters. The molecule has 3 N–H and O–H groups in total. The molecule has 0 saturated heterocycles. The first-order valence-electron chi connectivity index (χ1n) is 4.34. The van der Waals surface area contributed by atoms with E-state index >= 15 is 0 Å². The second kappa shape index (κ2) is 4.48. The van der Waals surface area contributed by atoms with Gasteiger partial charge in [0.2, 0.25) is 0 Å². The Kier molecular flexibility index (Phi) is 5.37. The second-order valence-corrected chi connectivity index (χ2v) is 4.82. The highest BCUT2D eigenvalue weighted by Crippen LogP contribution is 2.28. The highest BCUT2D eigenvalue weighted by atomic mass is 27.0. The van der Waals surface area contributed by atoms with Crippen LogP contribution in [-0.4, -0.2) is 54.8 Å². The van der Waals surface area contributed by atoms with Crippen molar-refractivity contribution in [1.82, 2.24) is 4.90 Å². The zero-order chi connectivity index (χ0) is 11.1. The van der Waals surface area contributed by atoms with Gasteiger partial charge in [-0.2, -0.15) is 0 Å². The number of hydrogen-bond donors (Lipinski definition) is 3. The van der Waals surface area contributed by atoms with Gasteiger partial charge in [-0.1, -0.05) is 0 Å². The predicted molar refractivity (Wildman–Crippen MR) is 60.7 cm³/mol. The fourth-order valence-electron chi connectivity index (χ4n) is 2.01. The van der Waals surface area contributed by atoms with Crippen molar-refractivity contribution in [2.24, 2.45) is 0 Å². The molecular weight excluding hydrogens is 197 g/mol. The van der Waals surface area contributed by atoms with Crippen molar-refractivity contribution in [3.8, 4) is 0 Å². The summed E-state index contributed by atoms with van der Waals surface area (Å²) in [5, 5.41) is 29.3. The van der Waals surface area contributed by atoms with Crippen LogP contribution in [0.5, 0.6) is 0 Å². The third-order valence-corrected chi connectivity index (χ3v) is 1.64. The third-order valence-electron chi connectivity index (χ3n) is 1.64. The molecule has 0 saturated carbocycles. The number of nitrogens with zero attached hydrogens (tertiary/aromatic N) is 1. The lowest BCUT2D eigenvalue weighted by Crippen LogP contribution is -2.64. The van der Waals surface area contributed by atoms with E-state index in [4.69, 9.17) is 0 Å². The van der Waals surface area contributed by atoms with Crippen molar-refractivity contribution < 1.29 is 15.3 Å². The molecule has 0 aromatic rings. The molecule has 0 aromatic heterocycles. The summed E-state index contributed by atoms with van der Waals surface area (Å²) in [7, 11) is 0.